The van der Waals surface area contributed by atoms with Gasteiger partial charge in [0.1, 0.15) is 17.2 Å². The molecule has 2 aromatic carbocycles. The largest absolute Gasteiger partial charge is 0.508 e. The van der Waals surface area contributed by atoms with Crippen molar-refractivity contribution in [2.24, 2.45) is 0 Å². The molecule has 2 aromatic rings. The van der Waals surface area contributed by atoms with Gasteiger partial charge in [-0.1, -0.05) is 18.2 Å². The van der Waals surface area contributed by atoms with Crippen LogP contribution in [-0.4, -0.2) is 12.2 Å². The predicted octanol–water partition coefficient (Wildman–Crippen LogP) is 3.76. The Kier molecular flexibility index (Phi) is 4.08. The van der Waals surface area contributed by atoms with E-state index in [1.54, 1.807) is 31.6 Å². The first-order valence-corrected chi connectivity index (χ1v) is 5.96. The number of aromatic hydroxyl groups is 1. The second-order valence-corrected chi connectivity index (χ2v) is 4.15. The van der Waals surface area contributed by atoms with Crippen LogP contribution in [0.25, 0.3) is 6.08 Å². The molecule has 0 heterocycles. The molecule has 0 aliphatic rings. The van der Waals surface area contributed by atoms with Gasteiger partial charge >= 0.3 is 0 Å². The highest BCUT2D eigenvalue weighted by Crippen LogP contribution is 2.23. The summed E-state index contributed by atoms with van der Waals surface area (Å²) in [4.78, 5) is 0. The summed E-state index contributed by atoms with van der Waals surface area (Å²) in [6, 6.07) is 12.8. The minimum atomic E-state index is 0.162. The fraction of sp³-hybridized carbons (Fsp3) is 0.125. The maximum atomic E-state index is 9.53. The van der Waals surface area contributed by atoms with Crippen molar-refractivity contribution in [3.63, 3.8) is 0 Å². The lowest BCUT2D eigenvalue weighted by Crippen LogP contribution is -1.86. The monoisotopic (exact) mass is 256 g/mol. The summed E-state index contributed by atoms with van der Waals surface area (Å²) in [5.41, 5.74) is 1.88. The summed E-state index contributed by atoms with van der Waals surface area (Å²) in [5.74, 6) is 1.58. The Balaban J connectivity index is 2.11. The normalized spacial score (nSPS) is 10.6. The van der Waals surface area contributed by atoms with Crippen molar-refractivity contribution in [3.8, 4) is 17.2 Å². The molecule has 0 saturated heterocycles. The highest BCUT2D eigenvalue weighted by atomic mass is 16.5. The van der Waals surface area contributed by atoms with Crippen LogP contribution in [0.2, 0.25) is 0 Å². The molecule has 0 atom stereocenters. The minimum absolute atomic E-state index is 0.162. The van der Waals surface area contributed by atoms with Gasteiger partial charge in [0.2, 0.25) is 0 Å². The van der Waals surface area contributed by atoms with Gasteiger partial charge in [-0.25, -0.2) is 0 Å². The molecule has 0 bridgehead atoms. The number of aryl methyl sites for hydroxylation is 1. The Hall–Kier alpha value is -2.42. The molecule has 98 valence electrons. The van der Waals surface area contributed by atoms with Gasteiger partial charge in [0, 0.05) is 6.07 Å². The van der Waals surface area contributed by atoms with Crippen LogP contribution in [0.15, 0.2) is 48.7 Å². The van der Waals surface area contributed by atoms with Gasteiger partial charge in [0.25, 0.3) is 0 Å². The zero-order valence-corrected chi connectivity index (χ0v) is 11.0. The molecule has 0 aliphatic heterocycles. The second kappa shape index (κ2) is 5.96. The van der Waals surface area contributed by atoms with Gasteiger partial charge in [0.05, 0.1) is 13.4 Å². The lowest BCUT2D eigenvalue weighted by atomic mass is 10.2. The minimum Gasteiger partial charge on any atom is -0.508 e. The van der Waals surface area contributed by atoms with E-state index in [1.165, 1.54) is 0 Å². The number of rotatable bonds is 4. The molecule has 0 radical (unpaired) electrons. The van der Waals surface area contributed by atoms with E-state index in [0.717, 1.165) is 16.9 Å². The third kappa shape index (κ3) is 3.52. The smallest absolute Gasteiger partial charge is 0.129 e. The quantitative estimate of drug-likeness (QED) is 0.846. The number of para-hydroxylation sites is 1. The molecule has 1 N–H and O–H groups in total. The molecule has 0 aromatic heterocycles. The molecule has 3 nitrogen and oxygen atoms in total. The van der Waals surface area contributed by atoms with Crippen molar-refractivity contribution >= 4 is 6.08 Å². The van der Waals surface area contributed by atoms with E-state index in [0.29, 0.717) is 5.75 Å². The number of methoxy groups -OCH3 is 1. The van der Waals surface area contributed by atoms with Crippen molar-refractivity contribution in [1.29, 1.82) is 0 Å². The van der Waals surface area contributed by atoms with Gasteiger partial charge in [-0.15, -0.1) is 0 Å². The van der Waals surface area contributed by atoms with Crippen LogP contribution in [0.4, 0.5) is 0 Å². The highest BCUT2D eigenvalue weighted by molar-refractivity contribution is 5.54. The highest BCUT2D eigenvalue weighted by Gasteiger charge is 1.98. The summed E-state index contributed by atoms with van der Waals surface area (Å²) >= 11 is 0. The fourth-order valence-electron chi connectivity index (χ4n) is 1.69. The van der Waals surface area contributed by atoms with Crippen molar-refractivity contribution in [2.45, 2.75) is 6.92 Å². The van der Waals surface area contributed by atoms with E-state index in [-0.39, 0.29) is 5.75 Å². The topological polar surface area (TPSA) is 38.7 Å². The molecule has 2 rings (SSSR count). The van der Waals surface area contributed by atoms with E-state index in [2.05, 4.69) is 0 Å². The third-order valence-electron chi connectivity index (χ3n) is 2.70. The van der Waals surface area contributed by atoms with Crippen molar-refractivity contribution < 1.29 is 14.6 Å². The maximum Gasteiger partial charge on any atom is 0.129 e. The average molecular weight is 256 g/mol. The standard InChI is InChI=1S/C16H16O3/c1-12-5-3-4-6-16(12)19-8-7-13-9-14(17)11-15(10-13)18-2/h3-11,17H,1-2H3/b8-7+. The molecule has 19 heavy (non-hydrogen) atoms. The van der Waals surface area contributed by atoms with Gasteiger partial charge in [-0.2, -0.15) is 0 Å². The first-order valence-electron chi connectivity index (χ1n) is 5.96. The molecule has 0 spiro atoms. The van der Waals surface area contributed by atoms with Gasteiger partial charge in [-0.05, 0) is 42.3 Å². The summed E-state index contributed by atoms with van der Waals surface area (Å²) in [6.07, 6.45) is 3.37. The predicted molar refractivity (Wildman–Crippen MR) is 75.5 cm³/mol. The Bertz CT molecular complexity index is 588. The summed E-state index contributed by atoms with van der Waals surface area (Å²) in [6.45, 7) is 1.99. The molecule has 0 aliphatic carbocycles. The number of phenolic OH excluding ortho intramolecular Hbond substituents is 1. The van der Waals surface area contributed by atoms with Gasteiger partial charge in [-0.3, -0.25) is 0 Å². The van der Waals surface area contributed by atoms with Gasteiger partial charge in [0.15, 0.2) is 0 Å². The fourth-order valence-corrected chi connectivity index (χ4v) is 1.69. The molecule has 0 fully saturated rings. The zero-order chi connectivity index (χ0) is 13.7. The summed E-state index contributed by atoms with van der Waals surface area (Å²) in [7, 11) is 1.56. The van der Waals surface area contributed by atoms with Crippen molar-refractivity contribution in [3.05, 3.63) is 59.9 Å². The summed E-state index contributed by atoms with van der Waals surface area (Å²) < 4.78 is 10.6. The van der Waals surface area contributed by atoms with Crippen LogP contribution in [0.3, 0.4) is 0 Å². The summed E-state index contributed by atoms with van der Waals surface area (Å²) in [5, 5.41) is 9.53. The molecule has 0 saturated carbocycles. The molecule has 0 unspecified atom stereocenters. The Morgan fingerprint density at radius 1 is 1.11 bits per heavy atom. The van der Waals surface area contributed by atoms with E-state index < -0.39 is 0 Å². The lowest BCUT2D eigenvalue weighted by molar-refractivity contribution is 0.407. The number of hydrogen-bond acceptors (Lipinski definition) is 3. The van der Waals surface area contributed by atoms with Gasteiger partial charge < -0.3 is 14.6 Å². The van der Waals surface area contributed by atoms with Crippen LogP contribution in [0.1, 0.15) is 11.1 Å². The third-order valence-corrected chi connectivity index (χ3v) is 2.70. The molecule has 0 amide bonds. The number of ether oxygens (including phenoxy) is 2. The Morgan fingerprint density at radius 2 is 1.89 bits per heavy atom. The number of benzene rings is 2. The molecular formula is C16H16O3. The lowest BCUT2D eigenvalue weighted by Gasteiger charge is -2.04. The Labute approximate surface area is 112 Å². The Morgan fingerprint density at radius 3 is 2.63 bits per heavy atom. The van der Waals surface area contributed by atoms with Crippen LogP contribution in [0, 0.1) is 6.92 Å². The first kappa shape index (κ1) is 13.0. The number of phenols is 1. The van der Waals surface area contributed by atoms with E-state index >= 15 is 0 Å². The maximum absolute atomic E-state index is 9.53. The van der Waals surface area contributed by atoms with Crippen molar-refractivity contribution in [1.82, 2.24) is 0 Å². The van der Waals surface area contributed by atoms with Crippen LogP contribution < -0.4 is 9.47 Å². The number of hydrogen-bond donors (Lipinski definition) is 1. The molecular weight excluding hydrogens is 240 g/mol. The molecule has 3 heteroatoms. The second-order valence-electron chi connectivity index (χ2n) is 4.15. The van der Waals surface area contributed by atoms with Crippen LogP contribution in [0.5, 0.6) is 17.2 Å². The first-order chi connectivity index (χ1) is 9.19. The van der Waals surface area contributed by atoms with E-state index in [9.17, 15) is 5.11 Å². The SMILES string of the molecule is COc1cc(O)cc(/C=C/Oc2ccccc2C)c1. The van der Waals surface area contributed by atoms with Crippen LogP contribution in [-0.2, 0) is 0 Å². The average Bonchev–Trinajstić information content (AvgIpc) is 2.40. The van der Waals surface area contributed by atoms with E-state index in [1.807, 2.05) is 37.3 Å². The van der Waals surface area contributed by atoms with Crippen molar-refractivity contribution in [2.75, 3.05) is 7.11 Å². The van der Waals surface area contributed by atoms with Crippen LogP contribution >= 0.6 is 0 Å². The van der Waals surface area contributed by atoms with E-state index in [4.69, 9.17) is 9.47 Å². The zero-order valence-electron chi connectivity index (χ0n) is 11.0.